The molecule has 0 bridgehead atoms. The summed E-state index contributed by atoms with van der Waals surface area (Å²) in [7, 11) is 5.03. The third kappa shape index (κ3) is 9.92. The second-order valence-electron chi connectivity index (χ2n) is 13.6. The van der Waals surface area contributed by atoms with Crippen molar-refractivity contribution in [2.45, 2.75) is 77.4 Å². The van der Waals surface area contributed by atoms with E-state index >= 15 is 0 Å². The second kappa shape index (κ2) is 18.0. The highest BCUT2D eigenvalue weighted by Crippen LogP contribution is 2.40. The van der Waals surface area contributed by atoms with Gasteiger partial charge in [0, 0.05) is 58.3 Å². The maximum atomic E-state index is 13.6. The number of piperidine rings is 1. The first-order chi connectivity index (χ1) is 23.1. The minimum atomic E-state index is -0.683. The van der Waals surface area contributed by atoms with Crippen LogP contribution in [0.3, 0.4) is 0 Å². The Morgan fingerprint density at radius 3 is 2.46 bits per heavy atom. The van der Waals surface area contributed by atoms with Crippen molar-refractivity contribution in [2.75, 3.05) is 72.2 Å². The quantitative estimate of drug-likeness (QED) is 0.242. The van der Waals surface area contributed by atoms with Gasteiger partial charge < -0.3 is 44.5 Å². The fraction of sp³-hybridized carbons (Fsp3) is 0.622. The highest BCUT2D eigenvalue weighted by Gasteiger charge is 2.43. The Kier molecular flexibility index (Phi) is 14.1. The van der Waals surface area contributed by atoms with Gasteiger partial charge in [0.15, 0.2) is 0 Å². The zero-order valence-electron chi connectivity index (χ0n) is 29.7. The largest absolute Gasteiger partial charge is 0.490 e. The van der Waals surface area contributed by atoms with Crippen molar-refractivity contribution in [1.29, 1.82) is 0 Å². The van der Waals surface area contributed by atoms with Crippen molar-refractivity contribution < 1.29 is 33.3 Å². The summed E-state index contributed by atoms with van der Waals surface area (Å²) in [6.07, 6.45) is 1.78. The molecule has 266 valence electrons. The van der Waals surface area contributed by atoms with Crippen LogP contribution in [-0.4, -0.2) is 102 Å². The number of likely N-dealkylation sites (tertiary alicyclic amines) is 1. The number of hydrogen-bond acceptors (Lipinski definition) is 9. The Hall–Kier alpha value is -3.22. The molecule has 2 aromatic rings. The number of benzene rings is 2. The van der Waals surface area contributed by atoms with Crippen LogP contribution < -0.4 is 20.7 Å². The number of nitrogens with one attached hydrogen (secondary N) is 1. The minimum Gasteiger partial charge on any atom is -0.490 e. The Labute approximate surface area is 286 Å². The van der Waals surface area contributed by atoms with Gasteiger partial charge >= 0.3 is 0 Å². The van der Waals surface area contributed by atoms with E-state index in [2.05, 4.69) is 40.5 Å². The molecular formula is C37H56N4O7. The van der Waals surface area contributed by atoms with Gasteiger partial charge in [-0.3, -0.25) is 9.59 Å². The Balaban J connectivity index is 1.60. The van der Waals surface area contributed by atoms with Crippen LogP contribution in [-0.2, 0) is 41.8 Å². The molecular weight excluding hydrogens is 612 g/mol. The van der Waals surface area contributed by atoms with E-state index in [0.717, 1.165) is 47.6 Å². The van der Waals surface area contributed by atoms with E-state index in [9.17, 15) is 9.59 Å². The highest BCUT2D eigenvalue weighted by molar-refractivity contribution is 5.83. The molecule has 48 heavy (non-hydrogen) atoms. The van der Waals surface area contributed by atoms with Crippen molar-refractivity contribution in [3.05, 3.63) is 59.2 Å². The molecule has 1 fully saturated rings. The molecule has 0 aliphatic carbocycles. The van der Waals surface area contributed by atoms with E-state index < -0.39 is 11.5 Å². The van der Waals surface area contributed by atoms with Gasteiger partial charge in [0.1, 0.15) is 12.4 Å². The minimum absolute atomic E-state index is 0.0115. The number of carbonyl (C=O) groups excluding carboxylic acids is 2. The van der Waals surface area contributed by atoms with E-state index in [4.69, 9.17) is 29.4 Å². The third-order valence-electron chi connectivity index (χ3n) is 9.38. The summed E-state index contributed by atoms with van der Waals surface area (Å²) >= 11 is 0. The van der Waals surface area contributed by atoms with Crippen molar-refractivity contribution in [1.82, 2.24) is 10.2 Å². The van der Waals surface area contributed by atoms with Crippen LogP contribution in [0.5, 0.6) is 5.75 Å². The average Bonchev–Trinajstić information content (AvgIpc) is 3.09. The standard InChI is InChI=1S/C37H56N4O7/c1-26(38)35(42)41-23-34(48-25-28-10-13-33-32(20-28)40(15-17-47-33)14-7-16-44-5)31(21-30(41)22-37(2,3)36(43)39-4)29-11-8-27(9-12-29)24-46-19-18-45-6/h8-13,20,26,30-31,34H,7,14-19,21-25,38H2,1-6H3,(H,39,43)/t26-,30+,31+,34-/m0/s1. The lowest BCUT2D eigenvalue weighted by Gasteiger charge is -2.46. The predicted octanol–water partition coefficient (Wildman–Crippen LogP) is 3.86. The molecule has 0 spiro atoms. The number of nitrogens with zero attached hydrogens (tertiary/aromatic N) is 2. The molecule has 2 heterocycles. The fourth-order valence-corrected chi connectivity index (χ4v) is 6.74. The summed E-state index contributed by atoms with van der Waals surface area (Å²) < 4.78 is 28.8. The van der Waals surface area contributed by atoms with Gasteiger partial charge in [-0.2, -0.15) is 0 Å². The van der Waals surface area contributed by atoms with Gasteiger partial charge in [-0.1, -0.05) is 44.2 Å². The average molecular weight is 669 g/mol. The molecule has 4 rings (SSSR count). The normalized spacial score (nSPS) is 20.2. The smallest absolute Gasteiger partial charge is 0.239 e. The topological polar surface area (TPSA) is 125 Å². The molecule has 2 amide bonds. The number of hydrogen-bond donors (Lipinski definition) is 2. The zero-order valence-corrected chi connectivity index (χ0v) is 29.7. The van der Waals surface area contributed by atoms with E-state index in [-0.39, 0.29) is 29.9 Å². The van der Waals surface area contributed by atoms with Crippen molar-refractivity contribution in [3.63, 3.8) is 0 Å². The molecule has 11 nitrogen and oxygen atoms in total. The molecule has 0 saturated carbocycles. The fourth-order valence-electron chi connectivity index (χ4n) is 6.74. The van der Waals surface area contributed by atoms with Crippen molar-refractivity contribution in [2.24, 2.45) is 11.1 Å². The number of anilines is 1. The third-order valence-corrected chi connectivity index (χ3v) is 9.38. The number of fused-ring (bicyclic) bond motifs is 1. The Morgan fingerprint density at radius 1 is 1.04 bits per heavy atom. The van der Waals surface area contributed by atoms with Crippen LogP contribution in [0, 0.1) is 5.41 Å². The van der Waals surface area contributed by atoms with Gasteiger partial charge in [0.2, 0.25) is 11.8 Å². The molecule has 11 heteroatoms. The van der Waals surface area contributed by atoms with Crippen molar-refractivity contribution >= 4 is 17.5 Å². The monoisotopic (exact) mass is 668 g/mol. The predicted molar refractivity (Wildman–Crippen MR) is 186 cm³/mol. The molecule has 4 atom stereocenters. The van der Waals surface area contributed by atoms with Crippen LogP contribution in [0.4, 0.5) is 5.69 Å². The van der Waals surface area contributed by atoms with Crippen LogP contribution in [0.25, 0.3) is 0 Å². The summed E-state index contributed by atoms with van der Waals surface area (Å²) in [6.45, 7) is 11.0. The summed E-state index contributed by atoms with van der Waals surface area (Å²) in [4.78, 5) is 30.6. The van der Waals surface area contributed by atoms with Gasteiger partial charge in [-0.25, -0.2) is 0 Å². The lowest BCUT2D eigenvalue weighted by Crippen LogP contribution is -2.57. The number of ether oxygens (including phenoxy) is 5. The molecule has 2 aliphatic rings. The van der Waals surface area contributed by atoms with Crippen LogP contribution in [0.15, 0.2) is 42.5 Å². The van der Waals surface area contributed by atoms with Crippen LogP contribution in [0.1, 0.15) is 62.6 Å². The lowest BCUT2D eigenvalue weighted by atomic mass is 9.76. The Bertz CT molecular complexity index is 1320. The summed E-state index contributed by atoms with van der Waals surface area (Å²) in [5.41, 5.74) is 9.78. The summed E-state index contributed by atoms with van der Waals surface area (Å²) in [5, 5.41) is 2.79. The molecule has 2 aromatic carbocycles. The maximum Gasteiger partial charge on any atom is 0.239 e. The first kappa shape index (κ1) is 37.6. The molecule has 0 radical (unpaired) electrons. The van der Waals surface area contributed by atoms with Crippen LogP contribution >= 0.6 is 0 Å². The molecule has 0 unspecified atom stereocenters. The van der Waals surface area contributed by atoms with Gasteiger partial charge in [0.05, 0.1) is 50.8 Å². The van der Waals surface area contributed by atoms with E-state index in [1.165, 1.54) is 0 Å². The number of rotatable bonds is 17. The van der Waals surface area contributed by atoms with E-state index in [0.29, 0.717) is 59.0 Å². The zero-order chi connectivity index (χ0) is 34.7. The summed E-state index contributed by atoms with van der Waals surface area (Å²) in [5.74, 6) is 0.666. The number of methoxy groups -OCH3 is 2. The number of carbonyl (C=O) groups is 2. The number of amides is 2. The molecule has 0 aromatic heterocycles. The number of nitrogens with two attached hydrogens (primary N) is 1. The van der Waals surface area contributed by atoms with Crippen molar-refractivity contribution in [3.8, 4) is 5.75 Å². The van der Waals surface area contributed by atoms with Gasteiger partial charge in [-0.15, -0.1) is 0 Å². The maximum absolute atomic E-state index is 13.6. The van der Waals surface area contributed by atoms with Gasteiger partial charge in [0.25, 0.3) is 0 Å². The summed E-state index contributed by atoms with van der Waals surface area (Å²) in [6, 6.07) is 13.8. The second-order valence-corrected chi connectivity index (χ2v) is 13.6. The van der Waals surface area contributed by atoms with E-state index in [1.54, 1.807) is 28.2 Å². The first-order valence-corrected chi connectivity index (χ1v) is 17.1. The SMILES string of the molecule is CNC(=O)C(C)(C)C[C@H]1C[C@H](c2ccc(COCCOC)cc2)[C@@H](OCc2ccc3c(c2)N(CCCOC)CCO3)CN1C(=O)[C@H](C)N. The molecule has 3 N–H and O–H groups in total. The Morgan fingerprint density at radius 2 is 1.77 bits per heavy atom. The highest BCUT2D eigenvalue weighted by atomic mass is 16.5. The van der Waals surface area contributed by atoms with Gasteiger partial charge in [-0.05, 0) is 55.0 Å². The first-order valence-electron chi connectivity index (χ1n) is 17.1. The van der Waals surface area contributed by atoms with E-state index in [1.807, 2.05) is 30.9 Å². The lowest BCUT2D eigenvalue weighted by molar-refractivity contribution is -0.145. The molecule has 1 saturated heterocycles. The molecule has 2 aliphatic heterocycles. The van der Waals surface area contributed by atoms with Crippen LogP contribution in [0.2, 0.25) is 0 Å².